The van der Waals surface area contributed by atoms with Crippen LogP contribution in [0.4, 0.5) is 13.2 Å². The quantitative estimate of drug-likeness (QED) is 0.320. The Labute approximate surface area is 168 Å². The lowest BCUT2D eigenvalue weighted by molar-refractivity contribution is -0.0496. The molecule has 1 saturated heterocycles. The monoisotopic (exact) mass is 518 g/mol. The molecular weight excluding hydrogens is 492 g/mol. The fraction of sp³-hybridized carbons (Fsp3) is 0.923. The van der Waals surface area contributed by atoms with Crippen molar-refractivity contribution in [2.45, 2.75) is 30.5 Å². The van der Waals surface area contributed by atoms with E-state index >= 15 is 0 Å². The summed E-state index contributed by atoms with van der Waals surface area (Å²) in [7, 11) is -3.56. The van der Waals surface area contributed by atoms with Gasteiger partial charge in [0.25, 0.3) is 0 Å². The second-order valence-corrected chi connectivity index (χ2v) is 8.88. The van der Waals surface area contributed by atoms with E-state index in [1.54, 1.807) is 18.8 Å². The Bertz CT molecular complexity index is 524. The summed E-state index contributed by atoms with van der Waals surface area (Å²) in [5, 5.41) is 6.75. The molecular formula is C13H26F3IN4O2S2. The van der Waals surface area contributed by atoms with Crippen LogP contribution in [0.1, 0.15) is 19.8 Å². The zero-order valence-electron chi connectivity index (χ0n) is 14.5. The molecule has 0 aliphatic carbocycles. The highest BCUT2D eigenvalue weighted by Crippen LogP contribution is 2.30. The lowest BCUT2D eigenvalue weighted by atomic mass is 9.98. The van der Waals surface area contributed by atoms with Gasteiger partial charge in [0.2, 0.25) is 0 Å². The number of guanidine groups is 1. The van der Waals surface area contributed by atoms with Crippen LogP contribution in [0.25, 0.3) is 0 Å². The van der Waals surface area contributed by atoms with Crippen molar-refractivity contribution in [1.82, 2.24) is 14.9 Å². The van der Waals surface area contributed by atoms with Crippen LogP contribution in [0.5, 0.6) is 0 Å². The minimum atomic E-state index is -5.22. The standard InChI is InChI=1S/C13H25F3N4O2S2.HI/c1-10(23-3)8-18-12(17-2)19-9-11-4-6-20(7-5-11)24(21,22)13(14,15)16;/h10-11H,4-9H2,1-3H3,(H2,17,18,19);1H. The van der Waals surface area contributed by atoms with Crippen molar-refractivity contribution in [1.29, 1.82) is 0 Å². The molecule has 12 heteroatoms. The molecule has 1 fully saturated rings. The summed E-state index contributed by atoms with van der Waals surface area (Å²) >= 11 is 1.73. The molecule has 0 aromatic heterocycles. The molecule has 0 amide bonds. The van der Waals surface area contributed by atoms with Crippen LogP contribution in [-0.2, 0) is 10.0 Å². The molecule has 1 rings (SSSR count). The fourth-order valence-electron chi connectivity index (χ4n) is 2.29. The van der Waals surface area contributed by atoms with Crippen molar-refractivity contribution in [2.24, 2.45) is 10.9 Å². The average molecular weight is 518 g/mol. The Morgan fingerprint density at radius 1 is 1.32 bits per heavy atom. The molecule has 25 heavy (non-hydrogen) atoms. The first kappa shape index (κ1) is 25.1. The van der Waals surface area contributed by atoms with Gasteiger partial charge in [0.05, 0.1) is 0 Å². The number of aliphatic imine (C=N–C) groups is 1. The third kappa shape index (κ3) is 7.67. The Balaban J connectivity index is 0.00000576. The number of piperidine rings is 1. The highest BCUT2D eigenvalue weighted by atomic mass is 127. The summed E-state index contributed by atoms with van der Waals surface area (Å²) in [6.45, 7) is 3.17. The first-order chi connectivity index (χ1) is 11.1. The highest BCUT2D eigenvalue weighted by molar-refractivity contribution is 14.0. The van der Waals surface area contributed by atoms with E-state index in [-0.39, 0.29) is 43.0 Å². The first-order valence-electron chi connectivity index (χ1n) is 7.65. The zero-order chi connectivity index (χ0) is 18.4. The van der Waals surface area contributed by atoms with Crippen LogP contribution < -0.4 is 10.6 Å². The molecule has 0 radical (unpaired) electrons. The summed E-state index contributed by atoms with van der Waals surface area (Å²) in [5.74, 6) is 0.752. The Hall–Kier alpha value is 0.0500. The predicted molar refractivity (Wildman–Crippen MR) is 107 cm³/mol. The molecule has 1 aliphatic rings. The van der Waals surface area contributed by atoms with Crippen molar-refractivity contribution in [2.75, 3.05) is 39.5 Å². The summed E-state index contributed by atoms with van der Waals surface area (Å²) in [6, 6.07) is 0. The first-order valence-corrected chi connectivity index (χ1v) is 10.4. The van der Waals surface area contributed by atoms with Gasteiger partial charge in [0.15, 0.2) is 5.96 Å². The molecule has 1 heterocycles. The van der Waals surface area contributed by atoms with Gasteiger partial charge in [-0.1, -0.05) is 6.92 Å². The van der Waals surface area contributed by atoms with Crippen LogP contribution >= 0.6 is 35.7 Å². The maximum absolute atomic E-state index is 12.5. The van der Waals surface area contributed by atoms with E-state index in [4.69, 9.17) is 0 Å². The third-order valence-electron chi connectivity index (χ3n) is 3.95. The topological polar surface area (TPSA) is 73.8 Å². The van der Waals surface area contributed by atoms with Gasteiger partial charge < -0.3 is 10.6 Å². The molecule has 1 atom stereocenters. The number of alkyl halides is 3. The summed E-state index contributed by atoms with van der Waals surface area (Å²) in [4.78, 5) is 4.10. The zero-order valence-corrected chi connectivity index (χ0v) is 18.4. The Morgan fingerprint density at radius 2 is 1.88 bits per heavy atom. The molecule has 2 N–H and O–H groups in total. The van der Waals surface area contributed by atoms with E-state index in [0.29, 0.717) is 34.9 Å². The molecule has 0 aromatic carbocycles. The van der Waals surface area contributed by atoms with Crippen LogP contribution in [0.2, 0.25) is 0 Å². The van der Waals surface area contributed by atoms with Crippen LogP contribution in [0.15, 0.2) is 4.99 Å². The predicted octanol–water partition coefficient (Wildman–Crippen LogP) is 2.08. The van der Waals surface area contributed by atoms with Crippen LogP contribution in [0, 0.1) is 5.92 Å². The van der Waals surface area contributed by atoms with E-state index < -0.39 is 15.5 Å². The number of halogens is 4. The number of thioether (sulfide) groups is 1. The Kier molecular flexibility index (Phi) is 11.0. The van der Waals surface area contributed by atoms with Gasteiger partial charge in [-0.15, -0.1) is 24.0 Å². The molecule has 0 aromatic rings. The normalized spacial score (nSPS) is 19.2. The molecule has 0 saturated carbocycles. The van der Waals surface area contributed by atoms with Crippen molar-refractivity contribution in [3.8, 4) is 0 Å². The number of sulfonamides is 1. The molecule has 1 aliphatic heterocycles. The minimum absolute atomic E-state index is 0. The van der Waals surface area contributed by atoms with Gasteiger partial charge >= 0.3 is 15.5 Å². The van der Waals surface area contributed by atoms with Crippen LogP contribution in [0.3, 0.4) is 0 Å². The number of hydrogen-bond donors (Lipinski definition) is 2. The minimum Gasteiger partial charge on any atom is -0.356 e. The molecule has 1 unspecified atom stereocenters. The van der Waals surface area contributed by atoms with Crippen molar-refractivity contribution < 1.29 is 21.6 Å². The lowest BCUT2D eigenvalue weighted by Crippen LogP contribution is -2.47. The third-order valence-corrected chi connectivity index (χ3v) is 6.55. The van der Waals surface area contributed by atoms with E-state index in [9.17, 15) is 21.6 Å². The van der Waals surface area contributed by atoms with Crippen molar-refractivity contribution in [3.63, 3.8) is 0 Å². The molecule has 0 spiro atoms. The second kappa shape index (κ2) is 11.0. The number of nitrogens with zero attached hydrogens (tertiary/aromatic N) is 2. The summed E-state index contributed by atoms with van der Waals surface area (Å²) < 4.78 is 60.8. The second-order valence-electron chi connectivity index (χ2n) is 5.67. The van der Waals surface area contributed by atoms with Gasteiger partial charge in [-0.2, -0.15) is 29.2 Å². The van der Waals surface area contributed by atoms with Crippen LogP contribution in [-0.4, -0.2) is 68.9 Å². The van der Waals surface area contributed by atoms with E-state index in [2.05, 4.69) is 22.5 Å². The molecule has 6 nitrogen and oxygen atoms in total. The number of hydrogen-bond acceptors (Lipinski definition) is 4. The smallest absolute Gasteiger partial charge is 0.356 e. The largest absolute Gasteiger partial charge is 0.511 e. The number of nitrogens with one attached hydrogen (secondary N) is 2. The van der Waals surface area contributed by atoms with E-state index in [0.717, 1.165) is 6.54 Å². The summed E-state index contributed by atoms with van der Waals surface area (Å²) in [6.07, 6.45) is 2.80. The van der Waals surface area contributed by atoms with Gasteiger partial charge in [-0.3, -0.25) is 4.99 Å². The maximum atomic E-state index is 12.5. The fourth-order valence-corrected chi connectivity index (χ4v) is 3.52. The van der Waals surface area contributed by atoms with Gasteiger partial charge in [0.1, 0.15) is 0 Å². The molecule has 0 bridgehead atoms. The van der Waals surface area contributed by atoms with E-state index in [1.165, 1.54) is 0 Å². The highest BCUT2D eigenvalue weighted by Gasteiger charge is 2.50. The molecule has 150 valence electrons. The van der Waals surface area contributed by atoms with Crippen molar-refractivity contribution in [3.05, 3.63) is 0 Å². The van der Waals surface area contributed by atoms with E-state index in [1.807, 2.05) is 6.26 Å². The Morgan fingerprint density at radius 3 is 2.32 bits per heavy atom. The average Bonchev–Trinajstić information content (AvgIpc) is 2.54. The van der Waals surface area contributed by atoms with Crippen molar-refractivity contribution >= 4 is 51.7 Å². The SMILES string of the molecule is CN=C(NCC1CCN(S(=O)(=O)C(F)(F)F)CC1)NCC(C)SC.I. The van der Waals surface area contributed by atoms with Gasteiger partial charge in [0, 0.05) is 38.5 Å². The lowest BCUT2D eigenvalue weighted by Gasteiger charge is -2.31. The summed E-state index contributed by atoms with van der Waals surface area (Å²) in [5.41, 5.74) is -5.22. The van der Waals surface area contributed by atoms with Gasteiger partial charge in [-0.05, 0) is 25.0 Å². The number of rotatable bonds is 6. The van der Waals surface area contributed by atoms with Gasteiger partial charge in [-0.25, -0.2) is 8.42 Å². The maximum Gasteiger partial charge on any atom is 0.511 e.